The van der Waals surface area contributed by atoms with Crippen LogP contribution in [0.2, 0.25) is 0 Å². The lowest BCUT2D eigenvalue weighted by atomic mass is 9.61. The number of carbonyl (C=O) groups is 2. The van der Waals surface area contributed by atoms with E-state index in [1.165, 1.54) is 12.5 Å². The van der Waals surface area contributed by atoms with E-state index in [9.17, 15) is 23.1 Å². The van der Waals surface area contributed by atoms with Crippen molar-refractivity contribution in [3.8, 4) is 11.5 Å². The standard InChI is InChI=1S/C18H21NO5.C2HF3O2/c1-10(20)24-13-2-3-16-18(17(13)21)4-5-19(16)8-11-6-14-15(7-12(11)18)23-9-22-14;3-2(4,5)1(6)7/h6-7,13,16-17,21H,2-5,8-9H2,1H3;(H,6,7)/t13-,16+,17-,18-;/m0./s1. The van der Waals surface area contributed by atoms with Crippen molar-refractivity contribution in [3.63, 3.8) is 0 Å². The first-order valence-electron chi connectivity index (χ1n) is 9.86. The average molecular weight is 445 g/mol. The predicted octanol–water partition coefficient (Wildman–Crippen LogP) is 1.96. The van der Waals surface area contributed by atoms with Gasteiger partial charge in [-0.2, -0.15) is 13.2 Å². The fourth-order valence-electron chi connectivity index (χ4n) is 5.34. The van der Waals surface area contributed by atoms with E-state index in [0.717, 1.165) is 43.0 Å². The maximum Gasteiger partial charge on any atom is 0.490 e. The van der Waals surface area contributed by atoms with Crippen molar-refractivity contribution in [2.24, 2.45) is 0 Å². The Morgan fingerprint density at radius 1 is 1.23 bits per heavy atom. The second-order valence-corrected chi connectivity index (χ2v) is 8.11. The number of ether oxygens (including phenoxy) is 3. The van der Waals surface area contributed by atoms with Gasteiger partial charge in [-0.1, -0.05) is 0 Å². The van der Waals surface area contributed by atoms with Crippen molar-refractivity contribution in [1.29, 1.82) is 0 Å². The molecule has 1 aromatic rings. The number of aliphatic hydroxyl groups is 1. The number of halogens is 3. The lowest BCUT2D eigenvalue weighted by Crippen LogP contribution is -2.60. The zero-order chi connectivity index (χ0) is 22.6. The molecule has 1 saturated heterocycles. The molecule has 4 aliphatic rings. The Morgan fingerprint density at radius 2 is 1.87 bits per heavy atom. The van der Waals surface area contributed by atoms with Gasteiger partial charge >= 0.3 is 18.1 Å². The van der Waals surface area contributed by atoms with Crippen LogP contribution in [0.3, 0.4) is 0 Å². The minimum absolute atomic E-state index is 0.247. The van der Waals surface area contributed by atoms with Crippen molar-refractivity contribution >= 4 is 11.9 Å². The lowest BCUT2D eigenvalue weighted by Gasteiger charge is -2.51. The summed E-state index contributed by atoms with van der Waals surface area (Å²) < 4.78 is 48.3. The SMILES string of the molecule is CC(=O)O[C@H]1CC[C@H]2N3CC[C@@]2(c2cc4c(cc2C3)OCO4)[C@H]1O.O=C(O)C(F)(F)F. The second-order valence-electron chi connectivity index (χ2n) is 8.11. The molecular weight excluding hydrogens is 423 g/mol. The zero-order valence-electron chi connectivity index (χ0n) is 16.6. The third-order valence-electron chi connectivity index (χ3n) is 6.49. The fourth-order valence-corrected chi connectivity index (χ4v) is 5.34. The fraction of sp³-hybridized carbons (Fsp3) is 0.600. The van der Waals surface area contributed by atoms with Crippen LogP contribution in [-0.4, -0.2) is 64.8 Å². The molecule has 2 bridgehead atoms. The molecule has 11 heteroatoms. The maximum atomic E-state index is 11.4. The highest BCUT2D eigenvalue weighted by Gasteiger charge is 2.61. The Hall–Kier alpha value is -2.53. The molecule has 0 aromatic heterocycles. The van der Waals surface area contributed by atoms with Gasteiger partial charge in [0, 0.05) is 24.9 Å². The Labute approximate surface area is 175 Å². The molecule has 1 unspecified atom stereocenters. The van der Waals surface area contributed by atoms with Gasteiger partial charge in [-0.15, -0.1) is 0 Å². The summed E-state index contributed by atoms with van der Waals surface area (Å²) in [6.07, 6.45) is -3.69. The molecule has 2 N–H and O–H groups in total. The quantitative estimate of drug-likeness (QED) is 0.633. The molecule has 170 valence electrons. The molecule has 0 amide bonds. The summed E-state index contributed by atoms with van der Waals surface area (Å²) in [4.78, 5) is 22.8. The van der Waals surface area contributed by atoms with Gasteiger partial charge in [0.2, 0.25) is 6.79 Å². The molecule has 0 radical (unpaired) electrons. The summed E-state index contributed by atoms with van der Waals surface area (Å²) >= 11 is 0. The van der Waals surface area contributed by atoms with Crippen LogP contribution in [0, 0.1) is 0 Å². The van der Waals surface area contributed by atoms with Crippen molar-refractivity contribution in [2.75, 3.05) is 13.3 Å². The molecule has 2 fully saturated rings. The summed E-state index contributed by atoms with van der Waals surface area (Å²) in [5.41, 5.74) is 1.96. The largest absolute Gasteiger partial charge is 0.490 e. The molecule has 1 aromatic carbocycles. The summed E-state index contributed by atoms with van der Waals surface area (Å²) in [6.45, 7) is 3.49. The minimum Gasteiger partial charge on any atom is -0.475 e. The van der Waals surface area contributed by atoms with Crippen molar-refractivity contribution < 1.29 is 47.2 Å². The first-order valence-corrected chi connectivity index (χ1v) is 9.86. The molecule has 0 spiro atoms. The van der Waals surface area contributed by atoms with E-state index in [-0.39, 0.29) is 18.2 Å². The van der Waals surface area contributed by atoms with E-state index >= 15 is 0 Å². The van der Waals surface area contributed by atoms with Gasteiger partial charge in [-0.25, -0.2) is 4.79 Å². The van der Waals surface area contributed by atoms with Crippen LogP contribution in [0.5, 0.6) is 11.5 Å². The normalized spacial score (nSPS) is 32.3. The van der Waals surface area contributed by atoms with E-state index in [0.29, 0.717) is 12.5 Å². The van der Waals surface area contributed by atoms with Gasteiger partial charge in [0.1, 0.15) is 12.2 Å². The number of carboxylic acid groups (broad SMARTS) is 1. The van der Waals surface area contributed by atoms with Crippen LogP contribution in [-0.2, 0) is 26.3 Å². The number of carboxylic acids is 1. The number of nitrogens with zero attached hydrogens (tertiary/aromatic N) is 1. The molecule has 1 saturated carbocycles. The van der Waals surface area contributed by atoms with Crippen LogP contribution in [0.15, 0.2) is 12.1 Å². The Bertz CT molecular complexity index is 905. The maximum absolute atomic E-state index is 11.4. The molecular formula is C20H22F3NO7. The molecule has 1 aliphatic carbocycles. The van der Waals surface area contributed by atoms with Gasteiger partial charge < -0.3 is 24.4 Å². The number of rotatable bonds is 1. The predicted molar refractivity (Wildman–Crippen MR) is 97.5 cm³/mol. The van der Waals surface area contributed by atoms with Crippen LogP contribution >= 0.6 is 0 Å². The summed E-state index contributed by atoms with van der Waals surface area (Å²) in [5.74, 6) is -1.55. The number of aliphatic carboxylic acids is 1. The number of fused-ring (bicyclic) bond motifs is 2. The minimum atomic E-state index is -5.08. The van der Waals surface area contributed by atoms with E-state index in [1.807, 2.05) is 6.07 Å². The molecule has 5 atom stereocenters. The van der Waals surface area contributed by atoms with Crippen LogP contribution < -0.4 is 9.47 Å². The summed E-state index contributed by atoms with van der Waals surface area (Å²) in [7, 11) is 0. The molecule has 8 nitrogen and oxygen atoms in total. The highest BCUT2D eigenvalue weighted by Crippen LogP contribution is 2.55. The van der Waals surface area contributed by atoms with Crippen LogP contribution in [0.25, 0.3) is 0 Å². The van der Waals surface area contributed by atoms with E-state index in [4.69, 9.17) is 24.1 Å². The Balaban J connectivity index is 0.000000289. The van der Waals surface area contributed by atoms with Gasteiger partial charge in [0.15, 0.2) is 11.5 Å². The third-order valence-corrected chi connectivity index (χ3v) is 6.49. The number of hydrogen-bond acceptors (Lipinski definition) is 7. The molecule has 3 heterocycles. The summed E-state index contributed by atoms with van der Waals surface area (Å²) in [5, 5.41) is 18.3. The van der Waals surface area contributed by atoms with Crippen molar-refractivity contribution in [2.45, 2.75) is 62.6 Å². The smallest absolute Gasteiger partial charge is 0.475 e. The average Bonchev–Trinajstić information content (AvgIpc) is 3.24. The van der Waals surface area contributed by atoms with E-state index < -0.39 is 24.4 Å². The molecule has 3 aliphatic heterocycles. The first-order chi connectivity index (χ1) is 14.5. The number of esters is 1. The highest BCUT2D eigenvalue weighted by molar-refractivity contribution is 5.73. The first kappa shape index (κ1) is 21.7. The van der Waals surface area contributed by atoms with Crippen LogP contribution in [0.1, 0.15) is 37.3 Å². The molecule has 31 heavy (non-hydrogen) atoms. The number of hydrogen-bond donors (Lipinski definition) is 2. The topological polar surface area (TPSA) is 106 Å². The van der Waals surface area contributed by atoms with Crippen molar-refractivity contribution in [3.05, 3.63) is 23.3 Å². The summed E-state index contributed by atoms with van der Waals surface area (Å²) in [6, 6.07) is 4.40. The molecule has 5 rings (SSSR count). The number of carbonyl (C=O) groups excluding carboxylic acids is 1. The third kappa shape index (κ3) is 3.59. The van der Waals surface area contributed by atoms with Gasteiger partial charge in [0.05, 0.1) is 0 Å². The zero-order valence-corrected chi connectivity index (χ0v) is 16.6. The second kappa shape index (κ2) is 7.56. The van der Waals surface area contributed by atoms with E-state index in [2.05, 4.69) is 11.0 Å². The van der Waals surface area contributed by atoms with Crippen LogP contribution in [0.4, 0.5) is 13.2 Å². The highest BCUT2D eigenvalue weighted by atomic mass is 19.4. The Kier molecular flexibility index (Phi) is 5.29. The Morgan fingerprint density at radius 3 is 2.48 bits per heavy atom. The van der Waals surface area contributed by atoms with Crippen molar-refractivity contribution in [1.82, 2.24) is 4.90 Å². The van der Waals surface area contributed by atoms with E-state index in [1.54, 1.807) is 0 Å². The van der Waals surface area contributed by atoms with Gasteiger partial charge in [0.25, 0.3) is 0 Å². The number of aliphatic hydroxyl groups excluding tert-OH is 1. The number of alkyl halides is 3. The van der Waals surface area contributed by atoms with Gasteiger partial charge in [-0.05, 0) is 49.1 Å². The number of benzene rings is 1. The van der Waals surface area contributed by atoms with Gasteiger partial charge in [-0.3, -0.25) is 9.69 Å². The monoisotopic (exact) mass is 445 g/mol. The lowest BCUT2D eigenvalue weighted by molar-refractivity contribution is -0.192.